The molecule has 0 saturated heterocycles. The average molecular weight is 262 g/mol. The predicted molar refractivity (Wildman–Crippen MR) is 72.2 cm³/mol. The second-order valence-electron chi connectivity index (χ2n) is 3.81. The van der Waals surface area contributed by atoms with Crippen molar-refractivity contribution in [2.45, 2.75) is 13.3 Å². The number of carbonyl (C=O) groups is 1. The fourth-order valence-electron chi connectivity index (χ4n) is 1.56. The van der Waals surface area contributed by atoms with Crippen LogP contribution in [0, 0.1) is 6.92 Å². The molecule has 94 valence electrons. The highest BCUT2D eigenvalue weighted by Crippen LogP contribution is 2.23. The van der Waals surface area contributed by atoms with Gasteiger partial charge in [0.1, 0.15) is 10.8 Å². The number of rotatable bonds is 4. The summed E-state index contributed by atoms with van der Waals surface area (Å²) in [5.74, 6) is 0.565. The number of aryl methyl sites for hydroxylation is 1. The Labute approximate surface area is 110 Å². The maximum atomic E-state index is 11.9. The maximum Gasteiger partial charge on any atom is 0.231 e. The topological polar surface area (TPSA) is 51.2 Å². The number of para-hydroxylation sites is 2. The van der Waals surface area contributed by atoms with E-state index in [9.17, 15) is 4.79 Å². The van der Waals surface area contributed by atoms with Crippen LogP contribution >= 0.6 is 11.3 Å². The number of thiazole rings is 1. The first-order valence-electron chi connectivity index (χ1n) is 5.53. The van der Waals surface area contributed by atoms with Gasteiger partial charge >= 0.3 is 0 Å². The summed E-state index contributed by atoms with van der Waals surface area (Å²) in [5, 5.41) is 5.58. The van der Waals surface area contributed by atoms with Gasteiger partial charge in [0.05, 0.1) is 19.2 Å². The third-order valence-corrected chi connectivity index (χ3v) is 3.33. The number of amides is 1. The van der Waals surface area contributed by atoms with E-state index in [4.69, 9.17) is 4.74 Å². The van der Waals surface area contributed by atoms with Crippen molar-refractivity contribution >= 4 is 22.9 Å². The summed E-state index contributed by atoms with van der Waals surface area (Å²) in [6, 6.07) is 7.33. The van der Waals surface area contributed by atoms with Gasteiger partial charge in [0, 0.05) is 11.1 Å². The molecule has 0 aliphatic carbocycles. The summed E-state index contributed by atoms with van der Waals surface area (Å²) in [4.78, 5) is 16.1. The van der Waals surface area contributed by atoms with E-state index in [0.717, 1.165) is 10.7 Å². The Morgan fingerprint density at radius 3 is 2.89 bits per heavy atom. The van der Waals surface area contributed by atoms with Gasteiger partial charge in [-0.25, -0.2) is 4.98 Å². The van der Waals surface area contributed by atoms with Crippen LogP contribution in [0.3, 0.4) is 0 Å². The first-order valence-corrected chi connectivity index (χ1v) is 6.41. The number of anilines is 1. The number of nitrogens with zero attached hydrogens (tertiary/aromatic N) is 1. The second kappa shape index (κ2) is 5.64. The minimum atomic E-state index is -0.0890. The van der Waals surface area contributed by atoms with Crippen LogP contribution in [-0.4, -0.2) is 18.0 Å². The molecule has 0 saturated carbocycles. The van der Waals surface area contributed by atoms with Crippen molar-refractivity contribution < 1.29 is 9.53 Å². The Bertz CT molecular complexity index is 551. The van der Waals surface area contributed by atoms with Crippen LogP contribution in [0.4, 0.5) is 5.69 Å². The molecule has 0 bridgehead atoms. The fraction of sp³-hybridized carbons (Fsp3) is 0.231. The molecular weight excluding hydrogens is 248 g/mol. The lowest BCUT2D eigenvalue weighted by atomic mass is 10.3. The molecule has 0 atom stereocenters. The zero-order chi connectivity index (χ0) is 13.0. The molecule has 18 heavy (non-hydrogen) atoms. The monoisotopic (exact) mass is 262 g/mol. The standard InChI is InChI=1S/C13H14N2O2S/c1-9-8-18-13(14-9)7-12(16)15-10-5-3-4-6-11(10)17-2/h3-6,8H,7H2,1-2H3,(H,15,16). The first kappa shape index (κ1) is 12.6. The Morgan fingerprint density at radius 2 is 2.22 bits per heavy atom. The van der Waals surface area contributed by atoms with Crippen LogP contribution in [0.15, 0.2) is 29.6 Å². The summed E-state index contributed by atoms with van der Waals surface area (Å²) in [7, 11) is 1.58. The molecule has 0 unspecified atom stereocenters. The molecule has 2 rings (SSSR count). The highest BCUT2D eigenvalue weighted by molar-refractivity contribution is 7.09. The van der Waals surface area contributed by atoms with Gasteiger partial charge in [0.25, 0.3) is 0 Å². The second-order valence-corrected chi connectivity index (χ2v) is 4.75. The molecule has 0 aliphatic heterocycles. The van der Waals surface area contributed by atoms with Crippen LogP contribution in [-0.2, 0) is 11.2 Å². The van der Waals surface area contributed by atoms with E-state index in [-0.39, 0.29) is 12.3 Å². The first-order chi connectivity index (χ1) is 8.69. The lowest BCUT2D eigenvalue weighted by Crippen LogP contribution is -2.14. The molecule has 4 nitrogen and oxygen atoms in total. The SMILES string of the molecule is COc1ccccc1NC(=O)Cc1nc(C)cs1. The van der Waals surface area contributed by atoms with Crippen molar-refractivity contribution in [2.24, 2.45) is 0 Å². The van der Waals surface area contributed by atoms with E-state index in [0.29, 0.717) is 11.4 Å². The molecule has 0 radical (unpaired) electrons. The lowest BCUT2D eigenvalue weighted by molar-refractivity contribution is -0.115. The number of benzene rings is 1. The Balaban J connectivity index is 2.03. The smallest absolute Gasteiger partial charge is 0.231 e. The minimum absolute atomic E-state index is 0.0890. The van der Waals surface area contributed by atoms with Crippen molar-refractivity contribution in [3.63, 3.8) is 0 Å². The predicted octanol–water partition coefficient (Wildman–Crippen LogP) is 2.64. The molecule has 5 heteroatoms. The molecule has 0 aliphatic rings. The molecule has 0 fully saturated rings. The fourth-order valence-corrected chi connectivity index (χ4v) is 2.33. The van der Waals surface area contributed by atoms with Crippen molar-refractivity contribution in [3.05, 3.63) is 40.3 Å². The number of aromatic nitrogens is 1. The zero-order valence-corrected chi connectivity index (χ0v) is 11.1. The molecular formula is C13H14N2O2S. The lowest BCUT2D eigenvalue weighted by Gasteiger charge is -2.08. The van der Waals surface area contributed by atoms with Gasteiger partial charge in [0.2, 0.25) is 5.91 Å². The average Bonchev–Trinajstić information content (AvgIpc) is 2.75. The Morgan fingerprint density at radius 1 is 1.44 bits per heavy atom. The number of carbonyl (C=O) groups excluding carboxylic acids is 1. The zero-order valence-electron chi connectivity index (χ0n) is 10.3. The molecule has 1 aromatic carbocycles. The van der Waals surface area contributed by atoms with Crippen molar-refractivity contribution in [1.82, 2.24) is 4.98 Å². The van der Waals surface area contributed by atoms with Gasteiger partial charge in [-0.15, -0.1) is 11.3 Å². The third kappa shape index (κ3) is 3.07. The van der Waals surface area contributed by atoms with E-state index in [1.165, 1.54) is 11.3 Å². The molecule has 0 spiro atoms. The Hall–Kier alpha value is -1.88. The highest BCUT2D eigenvalue weighted by Gasteiger charge is 2.09. The van der Waals surface area contributed by atoms with Gasteiger partial charge in [-0.1, -0.05) is 12.1 Å². The molecule has 1 heterocycles. The summed E-state index contributed by atoms with van der Waals surface area (Å²) >= 11 is 1.50. The highest BCUT2D eigenvalue weighted by atomic mass is 32.1. The van der Waals surface area contributed by atoms with Gasteiger partial charge in [-0.2, -0.15) is 0 Å². The van der Waals surface area contributed by atoms with Crippen molar-refractivity contribution in [3.8, 4) is 5.75 Å². The molecule has 1 amide bonds. The molecule has 1 aromatic heterocycles. The third-order valence-electron chi connectivity index (χ3n) is 2.36. The maximum absolute atomic E-state index is 11.9. The van der Waals surface area contributed by atoms with E-state index in [1.54, 1.807) is 7.11 Å². The summed E-state index contributed by atoms with van der Waals surface area (Å²) in [6.07, 6.45) is 0.288. The van der Waals surface area contributed by atoms with Crippen LogP contribution in [0.2, 0.25) is 0 Å². The van der Waals surface area contributed by atoms with E-state index in [1.807, 2.05) is 36.6 Å². The van der Waals surface area contributed by atoms with E-state index >= 15 is 0 Å². The summed E-state index contributed by atoms with van der Waals surface area (Å²) < 4.78 is 5.17. The summed E-state index contributed by atoms with van der Waals surface area (Å²) in [6.45, 7) is 1.91. The summed E-state index contributed by atoms with van der Waals surface area (Å²) in [5.41, 5.74) is 1.62. The number of nitrogens with one attached hydrogen (secondary N) is 1. The van der Waals surface area contributed by atoms with Crippen molar-refractivity contribution in [1.29, 1.82) is 0 Å². The Kier molecular flexibility index (Phi) is 3.94. The largest absolute Gasteiger partial charge is 0.495 e. The van der Waals surface area contributed by atoms with Gasteiger partial charge in [0.15, 0.2) is 0 Å². The minimum Gasteiger partial charge on any atom is -0.495 e. The van der Waals surface area contributed by atoms with Crippen LogP contribution in [0.1, 0.15) is 10.7 Å². The number of methoxy groups -OCH3 is 1. The van der Waals surface area contributed by atoms with Gasteiger partial charge in [-0.3, -0.25) is 4.79 Å². The van der Waals surface area contributed by atoms with Crippen molar-refractivity contribution in [2.75, 3.05) is 12.4 Å². The van der Waals surface area contributed by atoms with E-state index in [2.05, 4.69) is 10.3 Å². The van der Waals surface area contributed by atoms with E-state index < -0.39 is 0 Å². The van der Waals surface area contributed by atoms with Gasteiger partial charge in [-0.05, 0) is 19.1 Å². The normalized spacial score (nSPS) is 10.1. The quantitative estimate of drug-likeness (QED) is 0.921. The number of hydrogen-bond acceptors (Lipinski definition) is 4. The number of hydrogen-bond donors (Lipinski definition) is 1. The van der Waals surface area contributed by atoms with Crippen LogP contribution < -0.4 is 10.1 Å². The number of ether oxygens (including phenoxy) is 1. The van der Waals surface area contributed by atoms with Crippen LogP contribution in [0.5, 0.6) is 5.75 Å². The van der Waals surface area contributed by atoms with Crippen LogP contribution in [0.25, 0.3) is 0 Å². The molecule has 1 N–H and O–H groups in total. The van der Waals surface area contributed by atoms with Gasteiger partial charge < -0.3 is 10.1 Å². The molecule has 2 aromatic rings.